The van der Waals surface area contributed by atoms with Gasteiger partial charge in [0.2, 0.25) is 0 Å². The lowest BCUT2D eigenvalue weighted by Gasteiger charge is -2.33. The van der Waals surface area contributed by atoms with Gasteiger partial charge < -0.3 is 5.11 Å². The Hall–Kier alpha value is -3.71. The molecule has 1 aliphatic heterocycles. The minimum Gasteiger partial charge on any atom is -0.478 e. The molecule has 0 spiro atoms. The molecule has 3 aromatic carbocycles. The summed E-state index contributed by atoms with van der Waals surface area (Å²) in [5.74, 6) is -1.01. The summed E-state index contributed by atoms with van der Waals surface area (Å²) in [5.41, 5.74) is 6.55. The molecule has 202 valence electrons. The van der Waals surface area contributed by atoms with Gasteiger partial charge in [0.25, 0.3) is 0 Å². The lowest BCUT2D eigenvalue weighted by molar-refractivity contribution is -0.137. The van der Waals surface area contributed by atoms with Crippen molar-refractivity contribution < 1.29 is 27.5 Å². The summed E-state index contributed by atoms with van der Waals surface area (Å²) in [4.78, 5) is 13.8. The molecule has 3 aromatic rings. The molecule has 2 aliphatic rings. The Morgan fingerprint density at radius 1 is 0.949 bits per heavy atom. The van der Waals surface area contributed by atoms with Crippen molar-refractivity contribution in [3.63, 3.8) is 0 Å². The largest absolute Gasteiger partial charge is 0.478 e. The molecule has 3 nitrogen and oxygen atoms in total. The fraction of sp³-hybridized carbons (Fsp3) is 0.281. The number of alkyl halides is 4. The zero-order chi connectivity index (χ0) is 27.6. The number of carboxylic acid groups (broad SMARTS) is 1. The fourth-order valence-electron chi connectivity index (χ4n) is 5.46. The number of carboxylic acids is 1. The van der Waals surface area contributed by atoms with E-state index >= 15 is 0 Å². The van der Waals surface area contributed by atoms with E-state index in [1.165, 1.54) is 17.7 Å². The number of hydrogen-bond donors (Lipinski definition) is 1. The minimum absolute atomic E-state index is 0.193. The molecule has 39 heavy (non-hydrogen) atoms. The van der Waals surface area contributed by atoms with Crippen molar-refractivity contribution in [3.8, 4) is 0 Å². The number of halogens is 4. The lowest BCUT2D eigenvalue weighted by Crippen LogP contribution is -2.40. The quantitative estimate of drug-likeness (QED) is 0.315. The van der Waals surface area contributed by atoms with Gasteiger partial charge in [0, 0.05) is 19.6 Å². The van der Waals surface area contributed by atoms with Gasteiger partial charge in [-0.2, -0.15) is 13.2 Å². The van der Waals surface area contributed by atoms with Gasteiger partial charge in [-0.05, 0) is 94.5 Å². The van der Waals surface area contributed by atoms with E-state index in [4.69, 9.17) is 0 Å². The summed E-state index contributed by atoms with van der Waals surface area (Å²) in [6.45, 7) is 2.09. The highest BCUT2D eigenvalue weighted by Gasteiger charge is 2.31. The van der Waals surface area contributed by atoms with Crippen molar-refractivity contribution in [2.45, 2.75) is 31.9 Å². The highest BCUT2D eigenvalue weighted by Crippen LogP contribution is 2.41. The molecule has 0 atom stereocenters. The first-order valence-corrected chi connectivity index (χ1v) is 13.1. The average molecular weight is 536 g/mol. The van der Waals surface area contributed by atoms with E-state index in [2.05, 4.69) is 11.0 Å². The molecule has 7 heteroatoms. The number of rotatable bonds is 7. The molecule has 0 radical (unpaired) electrons. The normalized spacial score (nSPS) is 15.9. The van der Waals surface area contributed by atoms with Crippen LogP contribution in [0.4, 0.5) is 17.6 Å². The predicted octanol–water partition coefficient (Wildman–Crippen LogP) is 7.76. The minimum atomic E-state index is -4.45. The molecule has 0 bridgehead atoms. The predicted molar refractivity (Wildman–Crippen MR) is 145 cm³/mol. The van der Waals surface area contributed by atoms with Crippen LogP contribution in [0, 0.1) is 0 Å². The SMILES string of the molecule is O=C(O)c1ccc2c(c1)CCCC(c1cccc(C(F)(F)F)c1)=C2c1ccc(C=C2CN(CCCF)C2)cc1. The maximum absolute atomic E-state index is 13.6. The van der Waals surface area contributed by atoms with Crippen LogP contribution >= 0.6 is 0 Å². The van der Waals surface area contributed by atoms with Crippen LogP contribution < -0.4 is 0 Å². The Bertz CT molecular complexity index is 1430. The zero-order valence-electron chi connectivity index (χ0n) is 21.4. The van der Waals surface area contributed by atoms with Gasteiger partial charge in [-0.15, -0.1) is 0 Å². The first-order chi connectivity index (χ1) is 18.7. The molecular weight excluding hydrogens is 506 g/mol. The number of aromatic carboxylic acids is 1. The second-order valence-electron chi connectivity index (χ2n) is 10.1. The van der Waals surface area contributed by atoms with Crippen LogP contribution in [0.2, 0.25) is 0 Å². The van der Waals surface area contributed by atoms with Crippen molar-refractivity contribution in [2.24, 2.45) is 0 Å². The maximum atomic E-state index is 13.6. The number of likely N-dealkylation sites (tertiary alicyclic amines) is 1. The third-order valence-corrected chi connectivity index (χ3v) is 7.37. The Morgan fingerprint density at radius 2 is 1.72 bits per heavy atom. The van der Waals surface area contributed by atoms with Crippen molar-refractivity contribution in [3.05, 3.63) is 111 Å². The smallest absolute Gasteiger partial charge is 0.416 e. The number of hydrogen-bond acceptors (Lipinski definition) is 2. The van der Waals surface area contributed by atoms with E-state index in [0.717, 1.165) is 59.1 Å². The van der Waals surface area contributed by atoms with Crippen LogP contribution in [0.25, 0.3) is 17.2 Å². The van der Waals surface area contributed by atoms with Crippen LogP contribution in [0.15, 0.2) is 72.3 Å². The molecule has 0 amide bonds. The van der Waals surface area contributed by atoms with Gasteiger partial charge in [-0.1, -0.05) is 48.5 Å². The van der Waals surface area contributed by atoms with Crippen LogP contribution in [0.1, 0.15) is 63.0 Å². The Kier molecular flexibility index (Phi) is 7.71. The number of allylic oxidation sites excluding steroid dienone is 1. The van der Waals surface area contributed by atoms with E-state index < -0.39 is 17.7 Å². The van der Waals surface area contributed by atoms with Gasteiger partial charge in [-0.3, -0.25) is 9.29 Å². The summed E-state index contributed by atoms with van der Waals surface area (Å²) in [7, 11) is 0. The van der Waals surface area contributed by atoms with Crippen LogP contribution in [0.3, 0.4) is 0 Å². The van der Waals surface area contributed by atoms with Gasteiger partial charge in [-0.25, -0.2) is 4.79 Å². The number of fused-ring (bicyclic) bond motifs is 1. The number of nitrogens with zero attached hydrogens (tertiary/aromatic N) is 1. The molecule has 0 saturated carbocycles. The molecule has 1 heterocycles. The topological polar surface area (TPSA) is 40.5 Å². The highest BCUT2D eigenvalue weighted by atomic mass is 19.4. The summed E-state index contributed by atoms with van der Waals surface area (Å²) in [6, 6.07) is 18.4. The first-order valence-electron chi connectivity index (χ1n) is 13.1. The van der Waals surface area contributed by atoms with Crippen molar-refractivity contribution in [2.75, 3.05) is 26.3 Å². The molecule has 5 rings (SSSR count). The fourth-order valence-corrected chi connectivity index (χ4v) is 5.46. The van der Waals surface area contributed by atoms with E-state index in [0.29, 0.717) is 31.2 Å². The highest BCUT2D eigenvalue weighted by molar-refractivity contribution is 6.00. The monoisotopic (exact) mass is 535 g/mol. The molecule has 1 fully saturated rings. The Labute approximate surface area is 225 Å². The van der Waals surface area contributed by atoms with Crippen molar-refractivity contribution in [1.82, 2.24) is 4.90 Å². The molecule has 1 N–H and O–H groups in total. The van der Waals surface area contributed by atoms with Gasteiger partial charge >= 0.3 is 12.1 Å². The van der Waals surface area contributed by atoms with Crippen molar-refractivity contribution >= 4 is 23.2 Å². The second-order valence-corrected chi connectivity index (χ2v) is 10.1. The van der Waals surface area contributed by atoms with E-state index in [1.807, 2.05) is 24.3 Å². The van der Waals surface area contributed by atoms with Gasteiger partial charge in [0.1, 0.15) is 0 Å². The summed E-state index contributed by atoms with van der Waals surface area (Å²) in [6.07, 6.45) is 0.0978. The second kappa shape index (κ2) is 11.2. The van der Waals surface area contributed by atoms with Crippen LogP contribution in [-0.2, 0) is 12.6 Å². The lowest BCUT2D eigenvalue weighted by atomic mass is 9.86. The van der Waals surface area contributed by atoms with Gasteiger partial charge in [0.15, 0.2) is 0 Å². The zero-order valence-corrected chi connectivity index (χ0v) is 21.4. The molecule has 1 aliphatic carbocycles. The molecular formula is C32H29F4NO2. The maximum Gasteiger partial charge on any atom is 0.416 e. The van der Waals surface area contributed by atoms with Gasteiger partial charge in [0.05, 0.1) is 17.8 Å². The Balaban J connectivity index is 1.56. The molecule has 0 unspecified atom stereocenters. The molecule has 0 aromatic heterocycles. The molecule has 1 saturated heterocycles. The summed E-state index contributed by atoms with van der Waals surface area (Å²) >= 11 is 0. The first kappa shape index (κ1) is 26.9. The summed E-state index contributed by atoms with van der Waals surface area (Å²) in [5, 5.41) is 9.52. The van der Waals surface area contributed by atoms with E-state index in [-0.39, 0.29) is 12.2 Å². The Morgan fingerprint density at radius 3 is 2.41 bits per heavy atom. The number of aryl methyl sites for hydroxylation is 1. The van der Waals surface area contributed by atoms with Crippen molar-refractivity contribution in [1.29, 1.82) is 0 Å². The number of benzene rings is 3. The summed E-state index contributed by atoms with van der Waals surface area (Å²) < 4.78 is 53.1. The van der Waals surface area contributed by atoms with Crippen LogP contribution in [-0.4, -0.2) is 42.3 Å². The third-order valence-electron chi connectivity index (χ3n) is 7.37. The van der Waals surface area contributed by atoms with Crippen LogP contribution in [0.5, 0.6) is 0 Å². The third kappa shape index (κ3) is 5.98. The standard InChI is InChI=1S/C32H29F4NO2/c33-14-3-15-37-19-22(20-37)16-21-8-10-23(11-9-21)30-28(25-4-1-6-27(18-25)32(34,35)36)7-2-5-24-17-26(31(38)39)12-13-29(24)30/h1,4,6,8-13,16-18H,2-3,5,7,14-15,19-20H2,(H,38,39). The van der Waals surface area contributed by atoms with E-state index in [1.54, 1.807) is 24.3 Å². The number of carbonyl (C=O) groups is 1. The average Bonchev–Trinajstić information content (AvgIpc) is 3.09. The van der Waals surface area contributed by atoms with E-state index in [9.17, 15) is 27.5 Å².